The number of carbonyl (C=O) groups is 1. The Morgan fingerprint density at radius 2 is 1.86 bits per heavy atom. The van der Waals surface area contributed by atoms with Crippen molar-refractivity contribution in [2.24, 2.45) is 0 Å². The lowest BCUT2D eigenvalue weighted by molar-refractivity contribution is 0.104. The van der Waals surface area contributed by atoms with Gasteiger partial charge in [0.15, 0.2) is 5.78 Å². The van der Waals surface area contributed by atoms with E-state index in [1.807, 2.05) is 6.92 Å². The topological polar surface area (TPSA) is 26.3 Å². The summed E-state index contributed by atoms with van der Waals surface area (Å²) in [7, 11) is 0. The Labute approximate surface area is 121 Å². The molecule has 108 valence electrons. The van der Waals surface area contributed by atoms with Gasteiger partial charge in [-0.05, 0) is 42.8 Å². The first kappa shape index (κ1) is 14.9. The summed E-state index contributed by atoms with van der Waals surface area (Å²) in [5.41, 5.74) is 0.632. The highest BCUT2D eigenvalue weighted by Gasteiger charge is 2.09. The van der Waals surface area contributed by atoms with Gasteiger partial charge >= 0.3 is 0 Å². The van der Waals surface area contributed by atoms with Crippen molar-refractivity contribution >= 4 is 11.9 Å². The maximum absolute atomic E-state index is 13.5. The van der Waals surface area contributed by atoms with E-state index in [1.54, 1.807) is 30.3 Å². The van der Waals surface area contributed by atoms with Crippen LogP contribution in [-0.4, -0.2) is 12.4 Å². The Hall–Kier alpha value is -2.49. The molecule has 0 saturated carbocycles. The second-order valence-corrected chi connectivity index (χ2v) is 4.32. The molecule has 2 aromatic rings. The van der Waals surface area contributed by atoms with Gasteiger partial charge in [-0.3, -0.25) is 4.79 Å². The molecule has 4 heteroatoms. The monoisotopic (exact) mass is 288 g/mol. The summed E-state index contributed by atoms with van der Waals surface area (Å²) in [5, 5.41) is 0. The molecule has 0 saturated heterocycles. The van der Waals surface area contributed by atoms with Crippen molar-refractivity contribution in [3.8, 4) is 5.75 Å². The van der Waals surface area contributed by atoms with E-state index in [0.717, 1.165) is 23.4 Å². The zero-order chi connectivity index (χ0) is 15.2. The van der Waals surface area contributed by atoms with Crippen LogP contribution in [0.1, 0.15) is 22.8 Å². The van der Waals surface area contributed by atoms with Crippen LogP contribution in [0.4, 0.5) is 8.78 Å². The summed E-state index contributed by atoms with van der Waals surface area (Å²) in [4.78, 5) is 11.8. The molecule has 2 nitrogen and oxygen atoms in total. The van der Waals surface area contributed by atoms with E-state index in [4.69, 9.17) is 4.74 Å². The number of ether oxygens (including phenoxy) is 1. The molecule has 0 N–H and O–H groups in total. The van der Waals surface area contributed by atoms with Crippen molar-refractivity contribution in [1.82, 2.24) is 0 Å². The third-order valence-electron chi connectivity index (χ3n) is 2.81. The van der Waals surface area contributed by atoms with Crippen LogP contribution in [-0.2, 0) is 0 Å². The lowest BCUT2D eigenvalue weighted by Crippen LogP contribution is -1.99. The summed E-state index contributed by atoms with van der Waals surface area (Å²) in [6, 6.07) is 10.0. The molecule has 2 aromatic carbocycles. The summed E-state index contributed by atoms with van der Waals surface area (Å²) >= 11 is 0. The number of ketones is 1. The Bertz CT molecular complexity index is 661. The van der Waals surface area contributed by atoms with Crippen molar-refractivity contribution in [2.75, 3.05) is 6.61 Å². The van der Waals surface area contributed by atoms with Crippen molar-refractivity contribution in [2.45, 2.75) is 6.92 Å². The van der Waals surface area contributed by atoms with Gasteiger partial charge < -0.3 is 4.74 Å². The van der Waals surface area contributed by atoms with Gasteiger partial charge in [-0.15, -0.1) is 0 Å². The highest BCUT2D eigenvalue weighted by Crippen LogP contribution is 2.15. The maximum atomic E-state index is 13.5. The highest BCUT2D eigenvalue weighted by molar-refractivity contribution is 6.06. The molecule has 0 fully saturated rings. The van der Waals surface area contributed by atoms with Crippen LogP contribution in [0.2, 0.25) is 0 Å². The van der Waals surface area contributed by atoms with Crippen molar-refractivity contribution in [3.05, 3.63) is 71.3 Å². The smallest absolute Gasteiger partial charge is 0.188 e. The molecule has 21 heavy (non-hydrogen) atoms. The first-order valence-electron chi connectivity index (χ1n) is 6.50. The second kappa shape index (κ2) is 6.79. The first-order valence-corrected chi connectivity index (χ1v) is 6.50. The molecular weight excluding hydrogens is 274 g/mol. The molecule has 0 amide bonds. The maximum Gasteiger partial charge on any atom is 0.188 e. The fourth-order valence-electron chi connectivity index (χ4n) is 1.79. The fraction of sp³-hybridized carbons (Fsp3) is 0.118. The minimum Gasteiger partial charge on any atom is -0.494 e. The van der Waals surface area contributed by atoms with E-state index in [0.29, 0.717) is 12.7 Å². The van der Waals surface area contributed by atoms with Gasteiger partial charge in [0.1, 0.15) is 17.4 Å². The van der Waals surface area contributed by atoms with E-state index in [1.165, 1.54) is 6.08 Å². The predicted octanol–water partition coefficient (Wildman–Crippen LogP) is 4.26. The minimum absolute atomic E-state index is 0.154. The molecule has 0 aliphatic carbocycles. The van der Waals surface area contributed by atoms with E-state index < -0.39 is 17.4 Å². The van der Waals surface area contributed by atoms with Gasteiger partial charge in [0.25, 0.3) is 0 Å². The number of halogens is 2. The molecule has 2 rings (SSSR count). The summed E-state index contributed by atoms with van der Waals surface area (Å²) in [6.45, 7) is 2.47. The summed E-state index contributed by atoms with van der Waals surface area (Å²) < 4.78 is 31.5. The van der Waals surface area contributed by atoms with Gasteiger partial charge in [0.2, 0.25) is 0 Å². The first-order chi connectivity index (χ1) is 10.1. The standard InChI is InChI=1S/C17H14F2O2/c1-2-21-14-7-3-12(4-8-14)5-10-17(20)15-9-6-13(18)11-16(15)19/h3-11H,2H2,1H3/b10-5+. The SMILES string of the molecule is CCOc1ccc(/C=C/C(=O)c2ccc(F)cc2F)cc1. The van der Waals surface area contributed by atoms with Crippen LogP contribution >= 0.6 is 0 Å². The van der Waals surface area contributed by atoms with E-state index in [-0.39, 0.29) is 5.56 Å². The molecule has 0 unspecified atom stereocenters. The Balaban J connectivity index is 2.11. The molecular formula is C17H14F2O2. The number of allylic oxidation sites excluding steroid dienone is 1. The van der Waals surface area contributed by atoms with Gasteiger partial charge in [-0.2, -0.15) is 0 Å². The third-order valence-corrected chi connectivity index (χ3v) is 2.81. The van der Waals surface area contributed by atoms with Crippen LogP contribution < -0.4 is 4.74 Å². The molecule has 0 aromatic heterocycles. The van der Waals surface area contributed by atoms with Crippen molar-refractivity contribution in [3.63, 3.8) is 0 Å². The molecule has 0 aliphatic rings. The number of hydrogen-bond donors (Lipinski definition) is 0. The van der Waals surface area contributed by atoms with Gasteiger partial charge in [0, 0.05) is 6.07 Å². The predicted molar refractivity (Wildman–Crippen MR) is 77.3 cm³/mol. The molecule has 0 atom stereocenters. The van der Waals surface area contributed by atoms with Crippen molar-refractivity contribution < 1.29 is 18.3 Å². The van der Waals surface area contributed by atoms with Gasteiger partial charge in [-0.25, -0.2) is 8.78 Å². The van der Waals surface area contributed by atoms with E-state index >= 15 is 0 Å². The zero-order valence-corrected chi connectivity index (χ0v) is 11.5. The largest absolute Gasteiger partial charge is 0.494 e. The normalized spacial score (nSPS) is 10.8. The van der Waals surface area contributed by atoms with E-state index in [9.17, 15) is 13.6 Å². The number of benzene rings is 2. The molecule has 0 bridgehead atoms. The quantitative estimate of drug-likeness (QED) is 0.607. The lowest BCUT2D eigenvalue weighted by Gasteiger charge is -2.02. The summed E-state index contributed by atoms with van der Waals surface area (Å²) in [5.74, 6) is -1.34. The number of hydrogen-bond acceptors (Lipinski definition) is 2. The minimum atomic E-state index is -0.864. The second-order valence-electron chi connectivity index (χ2n) is 4.32. The molecule has 0 spiro atoms. The number of carbonyl (C=O) groups excluding carboxylic acids is 1. The van der Waals surface area contributed by atoms with Crippen LogP contribution in [0.15, 0.2) is 48.5 Å². The zero-order valence-electron chi connectivity index (χ0n) is 11.5. The fourth-order valence-corrected chi connectivity index (χ4v) is 1.79. The molecule has 0 aliphatic heterocycles. The summed E-state index contributed by atoms with van der Waals surface area (Å²) in [6.07, 6.45) is 2.83. The van der Waals surface area contributed by atoms with Gasteiger partial charge in [-0.1, -0.05) is 18.2 Å². The van der Waals surface area contributed by atoms with Crippen LogP contribution in [0.3, 0.4) is 0 Å². The average molecular weight is 288 g/mol. The lowest BCUT2D eigenvalue weighted by atomic mass is 10.1. The Morgan fingerprint density at radius 1 is 1.14 bits per heavy atom. The van der Waals surface area contributed by atoms with E-state index in [2.05, 4.69) is 0 Å². The molecule has 0 radical (unpaired) electrons. The highest BCUT2D eigenvalue weighted by atomic mass is 19.1. The van der Waals surface area contributed by atoms with Crippen LogP contribution in [0.25, 0.3) is 6.08 Å². The van der Waals surface area contributed by atoms with Gasteiger partial charge in [0.05, 0.1) is 12.2 Å². The Kier molecular flexibility index (Phi) is 4.82. The van der Waals surface area contributed by atoms with Crippen LogP contribution in [0, 0.1) is 11.6 Å². The van der Waals surface area contributed by atoms with Crippen LogP contribution in [0.5, 0.6) is 5.75 Å². The Morgan fingerprint density at radius 3 is 2.48 bits per heavy atom. The van der Waals surface area contributed by atoms with Crippen molar-refractivity contribution in [1.29, 1.82) is 0 Å². The number of rotatable bonds is 5. The average Bonchev–Trinajstić information content (AvgIpc) is 2.46. The third kappa shape index (κ3) is 3.99. The molecule has 0 heterocycles.